The Bertz CT molecular complexity index is 2580. The molecule has 0 aliphatic heterocycles. The van der Waals surface area contributed by atoms with Crippen molar-refractivity contribution in [3.63, 3.8) is 0 Å². The Kier molecular flexibility index (Phi) is 16.0. The summed E-state index contributed by atoms with van der Waals surface area (Å²) in [5.41, 5.74) is 6.48. The van der Waals surface area contributed by atoms with Gasteiger partial charge in [-0.1, -0.05) is 205 Å². The Balaban J connectivity index is 1.15. The van der Waals surface area contributed by atoms with Crippen molar-refractivity contribution in [2.45, 2.75) is 207 Å². The SMILES string of the molecule is CCCCCCCCc1c2ccccc2c(CCCCCCCC)c2c3cc4cc5cc6c(cc5cc4cc3c12)c1c(CCCCCCCC)c2ccccc2c(CCCCCCCC)c61. The van der Waals surface area contributed by atoms with Gasteiger partial charge in [0.2, 0.25) is 0 Å². The number of hydrogen-bond donors (Lipinski definition) is 0. The van der Waals surface area contributed by atoms with Crippen LogP contribution in [0.5, 0.6) is 0 Å². The highest BCUT2D eigenvalue weighted by Crippen LogP contribution is 2.49. The fourth-order valence-corrected chi connectivity index (χ4v) is 12.5. The van der Waals surface area contributed by atoms with E-state index in [2.05, 4.69) is 113 Å². The van der Waals surface area contributed by atoms with Crippen molar-refractivity contribution in [1.82, 2.24) is 0 Å². The van der Waals surface area contributed by atoms with E-state index in [-0.39, 0.29) is 0 Å². The van der Waals surface area contributed by atoms with Gasteiger partial charge in [0.05, 0.1) is 0 Å². The van der Waals surface area contributed by atoms with Crippen LogP contribution < -0.4 is 0 Å². The highest BCUT2D eigenvalue weighted by atomic mass is 14.3. The molecule has 9 rings (SSSR count). The van der Waals surface area contributed by atoms with E-state index in [0.717, 1.165) is 0 Å². The van der Waals surface area contributed by atoms with Gasteiger partial charge in [0, 0.05) is 0 Å². The van der Waals surface area contributed by atoms with E-state index in [1.807, 2.05) is 0 Å². The van der Waals surface area contributed by atoms with Gasteiger partial charge in [0.15, 0.2) is 0 Å². The van der Waals surface area contributed by atoms with Crippen molar-refractivity contribution < 1.29 is 0 Å². The van der Waals surface area contributed by atoms with Crippen molar-refractivity contribution in [3.05, 3.63) is 107 Å². The maximum atomic E-state index is 2.60. The summed E-state index contributed by atoms with van der Waals surface area (Å²) >= 11 is 0. The van der Waals surface area contributed by atoms with Crippen LogP contribution in [0.3, 0.4) is 0 Å². The number of hydrogen-bond acceptors (Lipinski definition) is 0. The topological polar surface area (TPSA) is 0 Å². The normalized spacial score (nSPS) is 12.4. The van der Waals surface area contributed by atoms with Gasteiger partial charge in [-0.2, -0.15) is 0 Å². The van der Waals surface area contributed by atoms with Crippen molar-refractivity contribution in [3.8, 4) is 0 Å². The Morgan fingerprint density at radius 3 is 0.667 bits per heavy atom. The third-order valence-corrected chi connectivity index (χ3v) is 16.1. The molecule has 0 nitrogen and oxygen atoms in total. The number of benzene rings is 7. The van der Waals surface area contributed by atoms with Crippen molar-refractivity contribution >= 4 is 86.2 Å². The lowest BCUT2D eigenvalue weighted by Gasteiger charge is -2.25. The molecule has 346 valence electrons. The fourth-order valence-electron chi connectivity index (χ4n) is 12.5. The molecule has 9 aromatic rings. The molecule has 0 saturated carbocycles. The predicted molar refractivity (Wildman–Crippen MR) is 297 cm³/mol. The largest absolute Gasteiger partial charge is 0.0654 e. The van der Waals surface area contributed by atoms with E-state index in [1.165, 1.54) is 244 Å². The molecule has 0 heterocycles. The second-order valence-electron chi connectivity index (χ2n) is 20.9. The van der Waals surface area contributed by atoms with Crippen LogP contribution in [0.4, 0.5) is 0 Å². The van der Waals surface area contributed by atoms with Crippen LogP contribution in [-0.2, 0) is 25.7 Å². The molecule has 66 heavy (non-hydrogen) atoms. The van der Waals surface area contributed by atoms with Crippen LogP contribution in [0.1, 0.15) is 204 Å². The molecule has 0 aliphatic rings. The predicted octanol–water partition coefficient (Wildman–Crippen LogP) is 21.4. The maximum absolute atomic E-state index is 2.60. The molecule has 0 radical (unpaired) electrons. The third kappa shape index (κ3) is 9.65. The number of rotatable bonds is 28. The van der Waals surface area contributed by atoms with E-state index in [1.54, 1.807) is 43.8 Å². The lowest BCUT2D eigenvalue weighted by atomic mass is 9.79. The summed E-state index contributed by atoms with van der Waals surface area (Å²) in [6.45, 7) is 9.31. The summed E-state index contributed by atoms with van der Waals surface area (Å²) in [5, 5.41) is 24.1. The molecular weight excluding hydrogens is 793 g/mol. The average Bonchev–Trinajstić information content (AvgIpc) is 3.33. The van der Waals surface area contributed by atoms with E-state index in [9.17, 15) is 0 Å². The highest BCUT2D eigenvalue weighted by Gasteiger charge is 2.24. The zero-order valence-electron chi connectivity index (χ0n) is 41.9. The van der Waals surface area contributed by atoms with Gasteiger partial charge in [-0.25, -0.2) is 0 Å². The van der Waals surface area contributed by atoms with E-state index < -0.39 is 0 Å². The van der Waals surface area contributed by atoms with Crippen molar-refractivity contribution in [1.29, 1.82) is 0 Å². The molecule has 0 unspecified atom stereocenters. The van der Waals surface area contributed by atoms with Crippen LogP contribution in [0, 0.1) is 0 Å². The zero-order chi connectivity index (χ0) is 45.2. The molecule has 0 bridgehead atoms. The van der Waals surface area contributed by atoms with Gasteiger partial charge >= 0.3 is 0 Å². The van der Waals surface area contributed by atoms with Gasteiger partial charge in [-0.15, -0.1) is 0 Å². The minimum absolute atomic E-state index is 1.18. The first-order chi connectivity index (χ1) is 32.7. The van der Waals surface area contributed by atoms with Crippen LogP contribution >= 0.6 is 0 Å². The molecule has 0 atom stereocenters. The minimum atomic E-state index is 1.18. The molecule has 0 N–H and O–H groups in total. The van der Waals surface area contributed by atoms with E-state index in [4.69, 9.17) is 0 Å². The van der Waals surface area contributed by atoms with Gasteiger partial charge < -0.3 is 0 Å². The van der Waals surface area contributed by atoms with Crippen LogP contribution in [-0.4, -0.2) is 0 Å². The lowest BCUT2D eigenvalue weighted by Crippen LogP contribution is -2.02. The summed E-state index contributed by atoms with van der Waals surface area (Å²) in [6, 6.07) is 34.5. The lowest BCUT2D eigenvalue weighted by molar-refractivity contribution is 0.608. The highest BCUT2D eigenvalue weighted by molar-refractivity contribution is 6.35. The van der Waals surface area contributed by atoms with Crippen LogP contribution in [0.2, 0.25) is 0 Å². The maximum Gasteiger partial charge on any atom is -0.00574 e. The van der Waals surface area contributed by atoms with Gasteiger partial charge in [0.1, 0.15) is 0 Å². The number of unbranched alkanes of at least 4 members (excludes halogenated alkanes) is 20. The number of aryl methyl sites for hydroxylation is 4. The van der Waals surface area contributed by atoms with E-state index in [0.29, 0.717) is 0 Å². The van der Waals surface area contributed by atoms with Crippen molar-refractivity contribution in [2.75, 3.05) is 0 Å². The first-order valence-corrected chi connectivity index (χ1v) is 27.9. The van der Waals surface area contributed by atoms with E-state index >= 15 is 0 Å². The monoisotopic (exact) mass is 875 g/mol. The quantitative estimate of drug-likeness (QED) is 0.0340. The van der Waals surface area contributed by atoms with Gasteiger partial charge in [0.25, 0.3) is 0 Å². The Morgan fingerprint density at radius 2 is 0.439 bits per heavy atom. The molecule has 0 spiro atoms. The first-order valence-electron chi connectivity index (χ1n) is 27.9. The summed E-state index contributed by atoms with van der Waals surface area (Å²) in [5.74, 6) is 0. The molecule has 0 aliphatic carbocycles. The van der Waals surface area contributed by atoms with Crippen molar-refractivity contribution in [2.24, 2.45) is 0 Å². The minimum Gasteiger partial charge on any atom is -0.0654 e. The molecular formula is C66H82. The Labute approximate surface area is 399 Å². The molecule has 0 saturated heterocycles. The van der Waals surface area contributed by atoms with Gasteiger partial charge in [-0.05, 0) is 196 Å². The Hall–Kier alpha value is -4.42. The summed E-state index contributed by atoms with van der Waals surface area (Å²) in [6.07, 6.45) is 36.9. The molecule has 0 fully saturated rings. The summed E-state index contributed by atoms with van der Waals surface area (Å²) in [7, 11) is 0. The summed E-state index contributed by atoms with van der Waals surface area (Å²) < 4.78 is 0. The molecule has 9 aromatic carbocycles. The standard InChI is InChI=1S/C66H82/c1-5-9-13-17-21-25-37-55-51-33-29-30-34-52(51)56(38-26-22-18-14-10-6-2)64-60-44-48-42-50-46-62-61(45-49(50)41-47(48)43-59(60)63(55)64)65-57(39-27-23-19-15-11-7-3)53-35-31-32-36-54(53)58(66(62)65)40-28-24-20-16-12-8-4/h29-36,41-46H,5-28,37-40H2,1-4H3. The zero-order valence-corrected chi connectivity index (χ0v) is 41.9. The number of fused-ring (bicyclic) bond motifs is 12. The second-order valence-corrected chi connectivity index (χ2v) is 20.9. The molecule has 0 aromatic heterocycles. The third-order valence-electron chi connectivity index (χ3n) is 16.1. The smallest absolute Gasteiger partial charge is 0.00574 e. The van der Waals surface area contributed by atoms with Gasteiger partial charge in [-0.3, -0.25) is 0 Å². The van der Waals surface area contributed by atoms with Crippen LogP contribution in [0.25, 0.3) is 86.2 Å². The molecule has 0 heteroatoms. The molecule has 0 amide bonds. The average molecular weight is 875 g/mol. The fraction of sp³-hybridized carbons (Fsp3) is 0.485. The second kappa shape index (κ2) is 22.6. The summed E-state index contributed by atoms with van der Waals surface area (Å²) in [4.78, 5) is 0. The first kappa shape index (κ1) is 46.7. The van der Waals surface area contributed by atoms with Crippen LogP contribution in [0.15, 0.2) is 84.9 Å². The Morgan fingerprint density at radius 1 is 0.227 bits per heavy atom.